The van der Waals surface area contributed by atoms with Crippen LogP contribution in [0.25, 0.3) is 5.57 Å². The summed E-state index contributed by atoms with van der Waals surface area (Å²) in [6.45, 7) is 16.2. The molecule has 0 radical (unpaired) electrons. The van der Waals surface area contributed by atoms with Gasteiger partial charge in [0.25, 0.3) is 0 Å². The Bertz CT molecular complexity index is 801. The van der Waals surface area contributed by atoms with Gasteiger partial charge in [-0.3, -0.25) is 0 Å². The number of carbonyl (C=O) groups excluding carboxylic acids is 1. The molecular formula is C23H30N2O. The lowest BCUT2D eigenvalue weighted by Gasteiger charge is -2.28. The van der Waals surface area contributed by atoms with E-state index >= 15 is 0 Å². The molecule has 0 aliphatic rings. The zero-order valence-electron chi connectivity index (χ0n) is 16.7. The molecule has 3 heteroatoms. The van der Waals surface area contributed by atoms with Crippen LogP contribution >= 0.6 is 0 Å². The van der Waals surface area contributed by atoms with Gasteiger partial charge in [0, 0.05) is 5.69 Å². The Labute approximate surface area is 157 Å². The van der Waals surface area contributed by atoms with Gasteiger partial charge in [-0.1, -0.05) is 68.5 Å². The fourth-order valence-corrected chi connectivity index (χ4v) is 3.01. The molecule has 2 N–H and O–H groups in total. The molecule has 0 unspecified atom stereocenters. The molecule has 2 aromatic rings. The first-order chi connectivity index (χ1) is 12.1. The normalized spacial score (nSPS) is 11.3. The van der Waals surface area contributed by atoms with E-state index in [1.807, 2.05) is 64.1 Å². The summed E-state index contributed by atoms with van der Waals surface area (Å²) in [7, 11) is 0. The minimum atomic E-state index is -0.488. The molecule has 0 fully saturated rings. The molecule has 0 aliphatic carbocycles. The molecule has 0 heterocycles. The van der Waals surface area contributed by atoms with Crippen LogP contribution in [-0.4, -0.2) is 6.03 Å². The molecular weight excluding hydrogens is 320 g/mol. The van der Waals surface area contributed by atoms with Crippen LogP contribution in [0.5, 0.6) is 0 Å². The summed E-state index contributed by atoms with van der Waals surface area (Å²) in [5.74, 6) is 0.341. The number of benzene rings is 2. The maximum atomic E-state index is 12.7. The summed E-state index contributed by atoms with van der Waals surface area (Å²) in [6, 6.07) is 14.1. The zero-order valence-corrected chi connectivity index (χ0v) is 16.7. The molecule has 138 valence electrons. The maximum absolute atomic E-state index is 12.7. The molecule has 3 nitrogen and oxygen atoms in total. The standard InChI is InChI=1S/C23H30N2O/c1-15(2)18-11-13-19(14-12-18)23(6,7)25-22(26)24-21-17(5)9-8-10-20(21)16(3)4/h8-14,16H,1H2,2-7H3,(H2,24,25,26). The first kappa shape index (κ1) is 19.8. The van der Waals surface area contributed by atoms with Crippen molar-refractivity contribution in [3.05, 3.63) is 71.3 Å². The average Bonchev–Trinajstić information content (AvgIpc) is 2.56. The Kier molecular flexibility index (Phi) is 5.91. The van der Waals surface area contributed by atoms with Crippen LogP contribution in [0.1, 0.15) is 62.8 Å². The summed E-state index contributed by atoms with van der Waals surface area (Å²) in [6.07, 6.45) is 0. The third-order valence-electron chi connectivity index (χ3n) is 4.69. The Morgan fingerprint density at radius 3 is 2.23 bits per heavy atom. The quantitative estimate of drug-likeness (QED) is 0.661. The van der Waals surface area contributed by atoms with Gasteiger partial charge in [0.1, 0.15) is 0 Å². The van der Waals surface area contributed by atoms with Gasteiger partial charge in [-0.05, 0) is 55.9 Å². The third-order valence-corrected chi connectivity index (χ3v) is 4.69. The molecule has 2 rings (SSSR count). The molecule has 0 saturated carbocycles. The van der Waals surface area contributed by atoms with E-state index in [0.717, 1.165) is 33.5 Å². The number of para-hydroxylation sites is 1. The molecule has 26 heavy (non-hydrogen) atoms. The number of rotatable bonds is 5. The van der Waals surface area contributed by atoms with Gasteiger partial charge < -0.3 is 10.6 Å². The molecule has 0 saturated heterocycles. The van der Waals surface area contributed by atoms with E-state index in [4.69, 9.17) is 0 Å². The number of allylic oxidation sites excluding steroid dienone is 1. The van der Waals surface area contributed by atoms with E-state index in [-0.39, 0.29) is 6.03 Å². The smallest absolute Gasteiger partial charge is 0.319 e. The van der Waals surface area contributed by atoms with Crippen molar-refractivity contribution in [1.29, 1.82) is 0 Å². The summed E-state index contributed by atoms with van der Waals surface area (Å²) in [5, 5.41) is 6.14. The fourth-order valence-electron chi connectivity index (χ4n) is 3.01. The van der Waals surface area contributed by atoms with E-state index in [9.17, 15) is 4.79 Å². The summed E-state index contributed by atoms with van der Waals surface area (Å²) >= 11 is 0. The minimum absolute atomic E-state index is 0.199. The van der Waals surface area contributed by atoms with Crippen LogP contribution < -0.4 is 10.6 Å². The Balaban J connectivity index is 2.17. The molecule has 0 bridgehead atoms. The number of anilines is 1. The second kappa shape index (κ2) is 7.77. The predicted molar refractivity (Wildman–Crippen MR) is 112 cm³/mol. The third kappa shape index (κ3) is 4.54. The van der Waals surface area contributed by atoms with Gasteiger partial charge in [-0.2, -0.15) is 0 Å². The predicted octanol–water partition coefficient (Wildman–Crippen LogP) is 6.21. The number of carbonyl (C=O) groups is 1. The SMILES string of the molecule is C=C(C)c1ccc(C(C)(C)NC(=O)Nc2c(C)cccc2C(C)C)cc1. The second-order valence-electron chi connectivity index (χ2n) is 7.76. The highest BCUT2D eigenvalue weighted by Crippen LogP contribution is 2.28. The number of nitrogens with one attached hydrogen (secondary N) is 2. The summed E-state index contributed by atoms with van der Waals surface area (Å²) in [4.78, 5) is 12.7. The highest BCUT2D eigenvalue weighted by Gasteiger charge is 2.23. The first-order valence-electron chi connectivity index (χ1n) is 9.07. The lowest BCUT2D eigenvalue weighted by molar-refractivity contribution is 0.242. The van der Waals surface area contributed by atoms with Crippen LogP contribution in [0, 0.1) is 6.92 Å². The highest BCUT2D eigenvalue weighted by atomic mass is 16.2. The van der Waals surface area contributed by atoms with Gasteiger partial charge in [-0.15, -0.1) is 0 Å². The van der Waals surface area contributed by atoms with Crippen molar-refractivity contribution in [3.8, 4) is 0 Å². The van der Waals surface area contributed by atoms with E-state index in [2.05, 4.69) is 37.1 Å². The highest BCUT2D eigenvalue weighted by molar-refractivity contribution is 5.91. The number of amides is 2. The van der Waals surface area contributed by atoms with Crippen molar-refractivity contribution in [2.24, 2.45) is 0 Å². The van der Waals surface area contributed by atoms with Crippen molar-refractivity contribution in [2.75, 3.05) is 5.32 Å². The number of hydrogen-bond donors (Lipinski definition) is 2. The van der Waals surface area contributed by atoms with Gasteiger partial charge in [-0.25, -0.2) is 4.79 Å². The number of urea groups is 1. The fraction of sp³-hybridized carbons (Fsp3) is 0.348. The van der Waals surface area contributed by atoms with Crippen molar-refractivity contribution >= 4 is 17.3 Å². The molecule has 0 spiro atoms. The number of aryl methyl sites for hydroxylation is 1. The lowest BCUT2D eigenvalue weighted by Crippen LogP contribution is -2.43. The van der Waals surface area contributed by atoms with Crippen molar-refractivity contribution < 1.29 is 4.79 Å². The van der Waals surface area contributed by atoms with E-state index in [1.165, 1.54) is 0 Å². The van der Waals surface area contributed by atoms with Gasteiger partial charge >= 0.3 is 6.03 Å². The van der Waals surface area contributed by atoms with Gasteiger partial charge in [0.2, 0.25) is 0 Å². The van der Waals surface area contributed by atoms with Crippen LogP contribution in [0.2, 0.25) is 0 Å². The Hall–Kier alpha value is -2.55. The summed E-state index contributed by atoms with van der Waals surface area (Å²) in [5.41, 5.74) is 5.80. The van der Waals surface area contributed by atoms with Gasteiger partial charge in [0.05, 0.1) is 5.54 Å². The molecule has 2 aromatic carbocycles. The van der Waals surface area contributed by atoms with E-state index < -0.39 is 5.54 Å². The Morgan fingerprint density at radius 1 is 1.08 bits per heavy atom. The Morgan fingerprint density at radius 2 is 1.69 bits per heavy atom. The van der Waals surface area contributed by atoms with Crippen molar-refractivity contribution in [2.45, 2.75) is 53.0 Å². The number of hydrogen-bond acceptors (Lipinski definition) is 1. The molecule has 0 atom stereocenters. The molecule has 0 aromatic heterocycles. The minimum Gasteiger partial charge on any atom is -0.329 e. The average molecular weight is 351 g/mol. The van der Waals surface area contributed by atoms with Gasteiger partial charge in [0.15, 0.2) is 0 Å². The van der Waals surface area contributed by atoms with Crippen LogP contribution in [0.3, 0.4) is 0 Å². The van der Waals surface area contributed by atoms with Crippen molar-refractivity contribution in [3.63, 3.8) is 0 Å². The summed E-state index contributed by atoms with van der Waals surface area (Å²) < 4.78 is 0. The van der Waals surface area contributed by atoms with Crippen molar-refractivity contribution in [1.82, 2.24) is 5.32 Å². The topological polar surface area (TPSA) is 41.1 Å². The lowest BCUT2D eigenvalue weighted by atomic mass is 9.92. The zero-order chi connectivity index (χ0) is 19.5. The van der Waals surface area contributed by atoms with E-state index in [0.29, 0.717) is 5.92 Å². The van der Waals surface area contributed by atoms with Crippen LogP contribution in [-0.2, 0) is 5.54 Å². The molecule has 2 amide bonds. The molecule has 0 aliphatic heterocycles. The van der Waals surface area contributed by atoms with Crippen LogP contribution in [0.4, 0.5) is 10.5 Å². The maximum Gasteiger partial charge on any atom is 0.319 e. The van der Waals surface area contributed by atoms with E-state index in [1.54, 1.807) is 0 Å². The monoisotopic (exact) mass is 350 g/mol. The first-order valence-corrected chi connectivity index (χ1v) is 9.07. The largest absolute Gasteiger partial charge is 0.329 e. The van der Waals surface area contributed by atoms with Crippen LogP contribution in [0.15, 0.2) is 49.0 Å². The second-order valence-corrected chi connectivity index (χ2v) is 7.76.